The fourth-order valence-corrected chi connectivity index (χ4v) is 2.56. The standard InChI is InChI=1S/C14H17NO3/c15-14(16)8-11(9-1-2-9)10-3-4-12-13(7-10)18-6-5-17-12/h3-4,7,9,11H,1-2,5-6,8H2,(H2,15,16). The van der Waals surface area contributed by atoms with E-state index in [-0.39, 0.29) is 11.8 Å². The van der Waals surface area contributed by atoms with Crippen LogP contribution in [0.3, 0.4) is 0 Å². The lowest BCUT2D eigenvalue weighted by molar-refractivity contribution is -0.118. The predicted molar refractivity (Wildman–Crippen MR) is 66.7 cm³/mol. The molecule has 1 saturated carbocycles. The smallest absolute Gasteiger partial charge is 0.218 e. The Bertz CT molecular complexity index is 468. The maximum absolute atomic E-state index is 11.2. The van der Waals surface area contributed by atoms with Crippen LogP contribution in [0.5, 0.6) is 11.5 Å². The molecule has 1 heterocycles. The zero-order valence-electron chi connectivity index (χ0n) is 10.2. The monoisotopic (exact) mass is 247 g/mol. The van der Waals surface area contributed by atoms with Crippen LogP contribution in [-0.4, -0.2) is 19.1 Å². The molecule has 0 radical (unpaired) electrons. The van der Waals surface area contributed by atoms with Gasteiger partial charge in [-0.2, -0.15) is 0 Å². The molecule has 0 spiro atoms. The van der Waals surface area contributed by atoms with Gasteiger partial charge in [-0.25, -0.2) is 0 Å². The molecule has 1 aliphatic heterocycles. The topological polar surface area (TPSA) is 61.6 Å². The normalized spacial score (nSPS) is 19.3. The number of rotatable bonds is 4. The largest absolute Gasteiger partial charge is 0.486 e. The minimum atomic E-state index is -0.234. The van der Waals surface area contributed by atoms with Gasteiger partial charge in [0.15, 0.2) is 11.5 Å². The van der Waals surface area contributed by atoms with E-state index in [4.69, 9.17) is 15.2 Å². The lowest BCUT2D eigenvalue weighted by atomic mass is 9.90. The van der Waals surface area contributed by atoms with E-state index in [0.717, 1.165) is 17.1 Å². The number of hydrogen-bond donors (Lipinski definition) is 1. The number of ether oxygens (including phenoxy) is 2. The second-order valence-corrected chi connectivity index (χ2v) is 5.02. The molecule has 1 fully saturated rings. The highest BCUT2D eigenvalue weighted by Crippen LogP contribution is 2.46. The number of benzene rings is 1. The maximum Gasteiger partial charge on any atom is 0.218 e. The van der Waals surface area contributed by atoms with Crippen LogP contribution in [0.2, 0.25) is 0 Å². The van der Waals surface area contributed by atoms with Crippen molar-refractivity contribution in [3.63, 3.8) is 0 Å². The summed E-state index contributed by atoms with van der Waals surface area (Å²) in [5.74, 6) is 2.17. The molecule has 1 aromatic carbocycles. The van der Waals surface area contributed by atoms with E-state index in [1.165, 1.54) is 12.8 Å². The number of carbonyl (C=O) groups is 1. The molecule has 4 heteroatoms. The highest BCUT2D eigenvalue weighted by Gasteiger charge is 2.33. The van der Waals surface area contributed by atoms with Gasteiger partial charge in [0, 0.05) is 6.42 Å². The molecule has 1 atom stereocenters. The van der Waals surface area contributed by atoms with E-state index in [0.29, 0.717) is 25.6 Å². The van der Waals surface area contributed by atoms with E-state index in [9.17, 15) is 4.79 Å². The van der Waals surface area contributed by atoms with Gasteiger partial charge in [0.1, 0.15) is 13.2 Å². The van der Waals surface area contributed by atoms with Crippen LogP contribution in [0.15, 0.2) is 18.2 Å². The first-order chi connectivity index (χ1) is 8.74. The SMILES string of the molecule is NC(=O)CC(c1ccc2c(c1)OCCO2)C1CC1. The Hall–Kier alpha value is -1.71. The summed E-state index contributed by atoms with van der Waals surface area (Å²) >= 11 is 0. The molecule has 1 unspecified atom stereocenters. The molecule has 96 valence electrons. The van der Waals surface area contributed by atoms with Crippen LogP contribution in [0.4, 0.5) is 0 Å². The van der Waals surface area contributed by atoms with Gasteiger partial charge in [0.05, 0.1) is 0 Å². The Morgan fingerprint density at radius 2 is 2.00 bits per heavy atom. The minimum absolute atomic E-state index is 0.234. The summed E-state index contributed by atoms with van der Waals surface area (Å²) in [7, 11) is 0. The van der Waals surface area contributed by atoms with E-state index < -0.39 is 0 Å². The maximum atomic E-state index is 11.2. The molecule has 3 rings (SSSR count). The van der Waals surface area contributed by atoms with Crippen LogP contribution < -0.4 is 15.2 Å². The van der Waals surface area contributed by atoms with Crippen LogP contribution in [0.25, 0.3) is 0 Å². The lowest BCUT2D eigenvalue weighted by Gasteiger charge is -2.21. The van der Waals surface area contributed by atoms with Gasteiger partial charge in [0.2, 0.25) is 5.91 Å². The summed E-state index contributed by atoms with van der Waals surface area (Å²) < 4.78 is 11.1. The van der Waals surface area contributed by atoms with Crippen LogP contribution >= 0.6 is 0 Å². The Kier molecular flexibility index (Phi) is 2.86. The Balaban J connectivity index is 1.87. The van der Waals surface area contributed by atoms with E-state index in [1.54, 1.807) is 0 Å². The number of primary amides is 1. The number of fused-ring (bicyclic) bond motifs is 1. The third-order valence-electron chi connectivity index (χ3n) is 3.61. The van der Waals surface area contributed by atoms with Gasteiger partial charge < -0.3 is 15.2 Å². The summed E-state index contributed by atoms with van der Waals surface area (Å²) in [4.78, 5) is 11.2. The van der Waals surface area contributed by atoms with Crippen molar-refractivity contribution in [2.24, 2.45) is 11.7 Å². The highest BCUT2D eigenvalue weighted by atomic mass is 16.6. The van der Waals surface area contributed by atoms with Crippen molar-refractivity contribution in [3.8, 4) is 11.5 Å². The number of nitrogens with two attached hydrogens (primary N) is 1. The average molecular weight is 247 g/mol. The van der Waals surface area contributed by atoms with Crippen LogP contribution in [0, 0.1) is 5.92 Å². The summed E-state index contributed by atoms with van der Waals surface area (Å²) in [6, 6.07) is 5.96. The van der Waals surface area contributed by atoms with Crippen LogP contribution in [0.1, 0.15) is 30.7 Å². The molecule has 18 heavy (non-hydrogen) atoms. The molecule has 1 aliphatic carbocycles. The van der Waals surface area contributed by atoms with Gasteiger partial charge in [-0.3, -0.25) is 4.79 Å². The van der Waals surface area contributed by atoms with Crippen molar-refractivity contribution in [1.82, 2.24) is 0 Å². The molecule has 0 aromatic heterocycles. The van der Waals surface area contributed by atoms with Crippen molar-refractivity contribution >= 4 is 5.91 Å². The Morgan fingerprint density at radius 3 is 2.67 bits per heavy atom. The zero-order valence-corrected chi connectivity index (χ0v) is 10.2. The quantitative estimate of drug-likeness (QED) is 0.882. The van der Waals surface area contributed by atoms with Gasteiger partial charge in [0.25, 0.3) is 0 Å². The number of hydrogen-bond acceptors (Lipinski definition) is 3. The van der Waals surface area contributed by atoms with Crippen molar-refractivity contribution in [2.45, 2.75) is 25.2 Å². The fraction of sp³-hybridized carbons (Fsp3) is 0.500. The van der Waals surface area contributed by atoms with Gasteiger partial charge >= 0.3 is 0 Å². The second-order valence-electron chi connectivity index (χ2n) is 5.02. The van der Waals surface area contributed by atoms with Gasteiger partial charge in [-0.1, -0.05) is 6.07 Å². The first-order valence-electron chi connectivity index (χ1n) is 6.42. The lowest BCUT2D eigenvalue weighted by Crippen LogP contribution is -2.18. The van der Waals surface area contributed by atoms with Crippen LogP contribution in [-0.2, 0) is 4.79 Å². The zero-order chi connectivity index (χ0) is 12.5. The molecule has 1 aromatic rings. The fourth-order valence-electron chi connectivity index (χ4n) is 2.56. The minimum Gasteiger partial charge on any atom is -0.486 e. The molecule has 1 amide bonds. The van der Waals surface area contributed by atoms with Gasteiger partial charge in [-0.15, -0.1) is 0 Å². The molecule has 2 N–H and O–H groups in total. The third kappa shape index (κ3) is 2.28. The summed E-state index contributed by atoms with van der Waals surface area (Å²) in [6.45, 7) is 1.18. The highest BCUT2D eigenvalue weighted by molar-refractivity contribution is 5.75. The summed E-state index contributed by atoms with van der Waals surface area (Å²) in [6.07, 6.45) is 2.79. The molecule has 0 saturated heterocycles. The second kappa shape index (κ2) is 4.52. The Morgan fingerprint density at radius 1 is 1.28 bits per heavy atom. The van der Waals surface area contributed by atoms with E-state index in [1.807, 2.05) is 18.2 Å². The average Bonchev–Trinajstić information content (AvgIpc) is 3.19. The van der Waals surface area contributed by atoms with Crippen molar-refractivity contribution in [1.29, 1.82) is 0 Å². The van der Waals surface area contributed by atoms with E-state index in [2.05, 4.69) is 0 Å². The van der Waals surface area contributed by atoms with Crippen molar-refractivity contribution in [2.75, 3.05) is 13.2 Å². The third-order valence-corrected chi connectivity index (χ3v) is 3.61. The first kappa shape index (κ1) is 11.4. The summed E-state index contributed by atoms with van der Waals surface area (Å²) in [5.41, 5.74) is 6.48. The number of carbonyl (C=O) groups excluding carboxylic acids is 1. The molecular weight excluding hydrogens is 230 g/mol. The van der Waals surface area contributed by atoms with E-state index >= 15 is 0 Å². The molecule has 0 bridgehead atoms. The Labute approximate surface area is 106 Å². The summed E-state index contributed by atoms with van der Waals surface area (Å²) in [5, 5.41) is 0. The molecule has 2 aliphatic rings. The van der Waals surface area contributed by atoms with Crippen molar-refractivity contribution in [3.05, 3.63) is 23.8 Å². The van der Waals surface area contributed by atoms with Gasteiger partial charge in [-0.05, 0) is 42.4 Å². The molecule has 4 nitrogen and oxygen atoms in total. The molecular formula is C14H17NO3. The first-order valence-corrected chi connectivity index (χ1v) is 6.42. The van der Waals surface area contributed by atoms with Crippen molar-refractivity contribution < 1.29 is 14.3 Å². The number of amides is 1. The predicted octanol–water partition coefficient (Wildman–Crippen LogP) is 1.83.